The molecule has 1 fully saturated rings. The van der Waals surface area contributed by atoms with Crippen molar-refractivity contribution in [2.45, 2.75) is 13.3 Å². The summed E-state index contributed by atoms with van der Waals surface area (Å²) in [6.45, 7) is 4.71. The molecule has 1 saturated carbocycles. The summed E-state index contributed by atoms with van der Waals surface area (Å²) in [7, 11) is 1.20. The molecule has 1 aliphatic carbocycles. The van der Waals surface area contributed by atoms with E-state index in [1.165, 1.54) is 20.1 Å². The largest absolute Gasteiger partial charge is 0.468 e. The van der Waals surface area contributed by atoms with Gasteiger partial charge in [0.1, 0.15) is 6.61 Å². The van der Waals surface area contributed by atoms with E-state index in [1.807, 2.05) is 0 Å². The fraction of sp³-hybridized carbons (Fsp3) is 0.583. The minimum atomic E-state index is -1.33. The lowest BCUT2D eigenvalue weighted by atomic mass is 10.0. The highest BCUT2D eigenvalue weighted by atomic mass is 16.6. The van der Waals surface area contributed by atoms with Crippen molar-refractivity contribution < 1.29 is 28.6 Å². The average Bonchev–Trinajstić information content (AvgIpc) is 3.08. The Kier molecular flexibility index (Phi) is 4.47. The molecule has 2 atom stereocenters. The van der Waals surface area contributed by atoms with Crippen molar-refractivity contribution in [2.75, 3.05) is 20.3 Å². The van der Waals surface area contributed by atoms with Gasteiger partial charge < -0.3 is 14.2 Å². The third kappa shape index (κ3) is 2.69. The first-order valence-electron chi connectivity index (χ1n) is 5.49. The summed E-state index contributed by atoms with van der Waals surface area (Å²) < 4.78 is 14.3. The number of carbonyl (C=O) groups is 3. The summed E-state index contributed by atoms with van der Waals surface area (Å²) in [5, 5.41) is 0. The molecule has 0 N–H and O–H groups in total. The Bertz CT molecular complexity index is 375. The van der Waals surface area contributed by atoms with Gasteiger partial charge in [-0.05, 0) is 6.42 Å². The number of rotatable bonds is 6. The molecule has 1 rings (SSSR count). The first kappa shape index (κ1) is 14.2. The van der Waals surface area contributed by atoms with Crippen molar-refractivity contribution in [1.82, 2.24) is 0 Å². The predicted molar refractivity (Wildman–Crippen MR) is 60.3 cm³/mol. The zero-order valence-electron chi connectivity index (χ0n) is 10.4. The third-order valence-electron chi connectivity index (χ3n) is 2.84. The van der Waals surface area contributed by atoms with Gasteiger partial charge in [-0.1, -0.05) is 12.7 Å². The summed E-state index contributed by atoms with van der Waals surface area (Å²) >= 11 is 0. The van der Waals surface area contributed by atoms with Crippen molar-refractivity contribution in [2.24, 2.45) is 11.3 Å². The molecular weight excluding hydrogens is 240 g/mol. The Hall–Kier alpha value is -1.85. The number of methoxy groups -OCH3 is 1. The van der Waals surface area contributed by atoms with Gasteiger partial charge in [0, 0.05) is 12.8 Å². The molecule has 18 heavy (non-hydrogen) atoms. The van der Waals surface area contributed by atoms with Gasteiger partial charge in [-0.25, -0.2) is 0 Å². The van der Waals surface area contributed by atoms with E-state index in [-0.39, 0.29) is 25.6 Å². The van der Waals surface area contributed by atoms with Crippen LogP contribution < -0.4 is 0 Å². The highest BCUT2D eigenvalue weighted by molar-refractivity contribution is 6.03. The molecule has 0 radical (unpaired) electrons. The summed E-state index contributed by atoms with van der Waals surface area (Å²) in [5.74, 6) is -2.16. The Labute approximate surface area is 105 Å². The fourth-order valence-corrected chi connectivity index (χ4v) is 1.78. The van der Waals surface area contributed by atoms with Crippen LogP contribution in [0.2, 0.25) is 0 Å². The number of carbonyl (C=O) groups excluding carboxylic acids is 3. The lowest BCUT2D eigenvalue weighted by molar-refractivity contribution is -0.164. The van der Waals surface area contributed by atoms with Crippen molar-refractivity contribution >= 4 is 17.9 Å². The number of esters is 3. The highest BCUT2D eigenvalue weighted by Gasteiger charge is 2.68. The first-order chi connectivity index (χ1) is 8.48. The van der Waals surface area contributed by atoms with Gasteiger partial charge in [0.2, 0.25) is 0 Å². The quantitative estimate of drug-likeness (QED) is 0.297. The molecule has 6 heteroatoms. The van der Waals surface area contributed by atoms with E-state index in [4.69, 9.17) is 9.47 Å². The SMILES string of the molecule is C=CCOC(=O)C1(C(=O)OC)CC1COC(C)=O. The van der Waals surface area contributed by atoms with Gasteiger partial charge >= 0.3 is 17.9 Å². The molecule has 0 saturated heterocycles. The van der Waals surface area contributed by atoms with Crippen LogP contribution in [0.1, 0.15) is 13.3 Å². The van der Waals surface area contributed by atoms with Crippen LogP contribution in [0.5, 0.6) is 0 Å². The Morgan fingerprint density at radius 3 is 2.50 bits per heavy atom. The van der Waals surface area contributed by atoms with Gasteiger partial charge in [0.15, 0.2) is 5.41 Å². The van der Waals surface area contributed by atoms with Gasteiger partial charge in [-0.2, -0.15) is 0 Å². The number of hydrogen-bond acceptors (Lipinski definition) is 6. The van der Waals surface area contributed by atoms with Crippen molar-refractivity contribution in [3.05, 3.63) is 12.7 Å². The fourth-order valence-electron chi connectivity index (χ4n) is 1.78. The molecule has 0 spiro atoms. The number of ether oxygens (including phenoxy) is 3. The van der Waals surface area contributed by atoms with Crippen LogP contribution in [0.15, 0.2) is 12.7 Å². The summed E-state index contributed by atoms with van der Waals surface area (Å²) in [5.41, 5.74) is -1.33. The molecule has 100 valence electrons. The maximum Gasteiger partial charge on any atom is 0.324 e. The lowest BCUT2D eigenvalue weighted by Crippen LogP contribution is -2.32. The molecule has 0 heterocycles. The van der Waals surface area contributed by atoms with Crippen LogP contribution in [0, 0.1) is 11.3 Å². The van der Waals surface area contributed by atoms with Crippen LogP contribution in [-0.4, -0.2) is 38.2 Å². The van der Waals surface area contributed by atoms with E-state index < -0.39 is 23.3 Å². The van der Waals surface area contributed by atoms with Crippen LogP contribution in [0.3, 0.4) is 0 Å². The van der Waals surface area contributed by atoms with E-state index in [2.05, 4.69) is 11.3 Å². The molecule has 0 aromatic carbocycles. The van der Waals surface area contributed by atoms with Gasteiger partial charge in [0.05, 0.1) is 13.7 Å². The second-order valence-electron chi connectivity index (χ2n) is 4.05. The zero-order chi connectivity index (χ0) is 13.8. The molecule has 0 aromatic rings. The average molecular weight is 256 g/mol. The highest BCUT2D eigenvalue weighted by Crippen LogP contribution is 2.54. The smallest absolute Gasteiger partial charge is 0.324 e. The van der Waals surface area contributed by atoms with Crippen molar-refractivity contribution in [1.29, 1.82) is 0 Å². The van der Waals surface area contributed by atoms with E-state index in [1.54, 1.807) is 0 Å². The standard InChI is InChI=1S/C12H16O6/c1-4-5-17-11(15)12(10(14)16-3)6-9(12)7-18-8(2)13/h4,9H,1,5-7H2,2-3H3. The predicted octanol–water partition coefficient (Wildman–Crippen LogP) is 0.458. The normalized spacial score (nSPS) is 24.9. The van der Waals surface area contributed by atoms with Gasteiger partial charge in [-0.3, -0.25) is 14.4 Å². The molecule has 0 aromatic heterocycles. The zero-order valence-corrected chi connectivity index (χ0v) is 10.4. The summed E-state index contributed by atoms with van der Waals surface area (Å²) in [6.07, 6.45) is 1.68. The van der Waals surface area contributed by atoms with Crippen LogP contribution in [-0.2, 0) is 28.6 Å². The second kappa shape index (κ2) is 5.66. The Morgan fingerprint density at radius 1 is 1.33 bits per heavy atom. The molecule has 6 nitrogen and oxygen atoms in total. The summed E-state index contributed by atoms with van der Waals surface area (Å²) in [4.78, 5) is 34.2. The van der Waals surface area contributed by atoms with Crippen molar-refractivity contribution in [3.63, 3.8) is 0 Å². The maximum absolute atomic E-state index is 11.8. The maximum atomic E-state index is 11.8. The van der Waals surface area contributed by atoms with Crippen LogP contribution in [0.25, 0.3) is 0 Å². The van der Waals surface area contributed by atoms with E-state index in [0.717, 1.165) is 0 Å². The Morgan fingerprint density at radius 2 is 2.00 bits per heavy atom. The van der Waals surface area contributed by atoms with E-state index in [0.29, 0.717) is 0 Å². The van der Waals surface area contributed by atoms with Crippen LogP contribution >= 0.6 is 0 Å². The monoisotopic (exact) mass is 256 g/mol. The minimum Gasteiger partial charge on any atom is -0.468 e. The summed E-state index contributed by atoms with van der Waals surface area (Å²) in [6, 6.07) is 0. The molecule has 2 unspecified atom stereocenters. The van der Waals surface area contributed by atoms with Gasteiger partial charge in [-0.15, -0.1) is 0 Å². The van der Waals surface area contributed by atoms with Gasteiger partial charge in [0.25, 0.3) is 0 Å². The molecule has 1 aliphatic rings. The Balaban J connectivity index is 2.69. The minimum absolute atomic E-state index is 0.00756. The topological polar surface area (TPSA) is 78.9 Å². The molecule has 0 amide bonds. The first-order valence-corrected chi connectivity index (χ1v) is 5.49. The van der Waals surface area contributed by atoms with Crippen molar-refractivity contribution in [3.8, 4) is 0 Å². The third-order valence-corrected chi connectivity index (χ3v) is 2.84. The second-order valence-corrected chi connectivity index (χ2v) is 4.05. The van der Waals surface area contributed by atoms with Crippen LogP contribution in [0.4, 0.5) is 0 Å². The molecular formula is C12H16O6. The molecule has 0 aliphatic heterocycles. The van der Waals surface area contributed by atoms with E-state index >= 15 is 0 Å². The molecule has 0 bridgehead atoms. The number of hydrogen-bond donors (Lipinski definition) is 0. The lowest BCUT2D eigenvalue weighted by Gasteiger charge is -2.13. The van der Waals surface area contributed by atoms with E-state index in [9.17, 15) is 14.4 Å².